The second-order valence-corrected chi connectivity index (χ2v) is 5.58. The molecule has 1 aliphatic heterocycles. The molecule has 0 radical (unpaired) electrons. The van der Waals surface area contributed by atoms with Crippen molar-refractivity contribution in [3.8, 4) is 0 Å². The maximum absolute atomic E-state index is 12.1. The zero-order valence-electron chi connectivity index (χ0n) is 11.7. The Morgan fingerprint density at radius 3 is 2.76 bits per heavy atom. The Labute approximate surface area is 106 Å². The van der Waals surface area contributed by atoms with Gasteiger partial charge in [0.25, 0.3) is 0 Å². The molecule has 0 aliphatic carbocycles. The van der Waals surface area contributed by atoms with Gasteiger partial charge in [-0.05, 0) is 51.1 Å². The van der Waals surface area contributed by atoms with Gasteiger partial charge in [-0.2, -0.15) is 0 Å². The minimum Gasteiger partial charge on any atom is -0.343 e. The van der Waals surface area contributed by atoms with E-state index in [4.69, 9.17) is 0 Å². The van der Waals surface area contributed by atoms with Crippen LogP contribution in [0.5, 0.6) is 0 Å². The van der Waals surface area contributed by atoms with E-state index in [0.717, 1.165) is 39.0 Å². The molecule has 0 spiro atoms. The van der Waals surface area contributed by atoms with Gasteiger partial charge in [-0.15, -0.1) is 0 Å². The molecule has 0 saturated carbocycles. The first-order valence-corrected chi connectivity index (χ1v) is 7.12. The highest BCUT2D eigenvalue weighted by atomic mass is 16.2. The Balaban J connectivity index is 2.26. The van der Waals surface area contributed by atoms with Gasteiger partial charge in [-0.3, -0.25) is 4.79 Å². The van der Waals surface area contributed by atoms with E-state index in [2.05, 4.69) is 26.1 Å². The molecule has 1 atom stereocenters. The first-order chi connectivity index (χ1) is 8.13. The molecule has 0 aromatic carbocycles. The Hall–Kier alpha value is -0.570. The van der Waals surface area contributed by atoms with Gasteiger partial charge in [0.05, 0.1) is 0 Å². The highest BCUT2D eigenvalue weighted by Crippen LogP contribution is 2.16. The molecule has 17 heavy (non-hydrogen) atoms. The van der Waals surface area contributed by atoms with Crippen LogP contribution >= 0.6 is 0 Å². The van der Waals surface area contributed by atoms with Crippen LogP contribution in [0.25, 0.3) is 0 Å². The van der Waals surface area contributed by atoms with Crippen molar-refractivity contribution in [3.63, 3.8) is 0 Å². The molecule has 1 rings (SSSR count). The molecule has 3 nitrogen and oxygen atoms in total. The lowest BCUT2D eigenvalue weighted by Gasteiger charge is -2.26. The third-order valence-electron chi connectivity index (χ3n) is 3.49. The normalized spacial score (nSPS) is 20.6. The number of amides is 1. The smallest absolute Gasteiger partial charge is 0.222 e. The highest BCUT2D eigenvalue weighted by molar-refractivity contribution is 5.76. The van der Waals surface area contributed by atoms with Gasteiger partial charge in [0.2, 0.25) is 5.91 Å². The molecule has 0 bridgehead atoms. The highest BCUT2D eigenvalue weighted by Gasteiger charge is 2.17. The summed E-state index contributed by atoms with van der Waals surface area (Å²) in [7, 11) is 0. The molecule has 1 amide bonds. The predicted octanol–water partition coefficient (Wildman–Crippen LogP) is 2.27. The number of nitrogens with zero attached hydrogens (tertiary/aromatic N) is 1. The molecule has 1 heterocycles. The fraction of sp³-hybridized carbons (Fsp3) is 0.929. The summed E-state index contributed by atoms with van der Waals surface area (Å²) < 4.78 is 0. The van der Waals surface area contributed by atoms with Crippen LogP contribution in [0.3, 0.4) is 0 Å². The lowest BCUT2D eigenvalue weighted by molar-refractivity contribution is -0.131. The molecule has 1 aliphatic rings. The van der Waals surface area contributed by atoms with Crippen molar-refractivity contribution in [1.29, 1.82) is 0 Å². The molecule has 1 N–H and O–H groups in total. The fourth-order valence-electron chi connectivity index (χ4n) is 2.50. The average Bonchev–Trinajstić information content (AvgIpc) is 2.34. The number of hydrogen-bond acceptors (Lipinski definition) is 2. The van der Waals surface area contributed by atoms with Crippen molar-refractivity contribution in [1.82, 2.24) is 10.2 Å². The largest absolute Gasteiger partial charge is 0.343 e. The summed E-state index contributed by atoms with van der Waals surface area (Å²) in [6, 6.07) is 0. The predicted molar refractivity (Wildman–Crippen MR) is 71.9 cm³/mol. The standard InChI is InChI=1S/C14H28N2O/c1-4-16(11-12(2)3)14(17)8-7-13-6-5-9-15-10-13/h12-13,15H,4-11H2,1-3H3. The molecule has 100 valence electrons. The van der Waals surface area contributed by atoms with Gasteiger partial charge in [0.1, 0.15) is 0 Å². The van der Waals surface area contributed by atoms with Gasteiger partial charge in [-0.25, -0.2) is 0 Å². The van der Waals surface area contributed by atoms with E-state index in [1.165, 1.54) is 12.8 Å². The zero-order chi connectivity index (χ0) is 12.7. The summed E-state index contributed by atoms with van der Waals surface area (Å²) in [5, 5.41) is 3.41. The van der Waals surface area contributed by atoms with E-state index in [-0.39, 0.29) is 0 Å². The second kappa shape index (κ2) is 7.70. The first kappa shape index (κ1) is 14.5. The molecule has 1 fully saturated rings. The quantitative estimate of drug-likeness (QED) is 0.772. The van der Waals surface area contributed by atoms with Crippen LogP contribution in [-0.4, -0.2) is 37.0 Å². The van der Waals surface area contributed by atoms with Crippen LogP contribution in [0.15, 0.2) is 0 Å². The van der Waals surface area contributed by atoms with Crippen LogP contribution in [0, 0.1) is 11.8 Å². The molecule has 1 unspecified atom stereocenters. The van der Waals surface area contributed by atoms with Crippen molar-refractivity contribution in [2.45, 2.75) is 46.5 Å². The van der Waals surface area contributed by atoms with Crippen molar-refractivity contribution in [2.75, 3.05) is 26.2 Å². The molecular formula is C14H28N2O. The first-order valence-electron chi connectivity index (χ1n) is 7.12. The number of hydrogen-bond donors (Lipinski definition) is 1. The summed E-state index contributed by atoms with van der Waals surface area (Å²) >= 11 is 0. The van der Waals surface area contributed by atoms with Gasteiger partial charge < -0.3 is 10.2 Å². The third-order valence-corrected chi connectivity index (χ3v) is 3.49. The fourth-order valence-corrected chi connectivity index (χ4v) is 2.50. The number of carbonyl (C=O) groups excluding carboxylic acids is 1. The Morgan fingerprint density at radius 1 is 1.47 bits per heavy atom. The second-order valence-electron chi connectivity index (χ2n) is 5.58. The maximum atomic E-state index is 12.1. The molecule has 3 heteroatoms. The topological polar surface area (TPSA) is 32.3 Å². The van der Waals surface area contributed by atoms with Gasteiger partial charge in [0.15, 0.2) is 0 Å². The Morgan fingerprint density at radius 2 is 2.24 bits per heavy atom. The summed E-state index contributed by atoms with van der Waals surface area (Å²) in [4.78, 5) is 14.1. The van der Waals surface area contributed by atoms with Crippen LogP contribution in [0.2, 0.25) is 0 Å². The third kappa shape index (κ3) is 5.53. The molecule has 0 aromatic heterocycles. The number of rotatable bonds is 6. The summed E-state index contributed by atoms with van der Waals surface area (Å²) in [6.45, 7) is 10.4. The Bertz CT molecular complexity index is 222. The van der Waals surface area contributed by atoms with Crippen LogP contribution in [-0.2, 0) is 4.79 Å². The monoisotopic (exact) mass is 240 g/mol. The van der Waals surface area contributed by atoms with Gasteiger partial charge in [0, 0.05) is 19.5 Å². The van der Waals surface area contributed by atoms with Crippen LogP contribution in [0.4, 0.5) is 0 Å². The van der Waals surface area contributed by atoms with Gasteiger partial charge in [-0.1, -0.05) is 13.8 Å². The average molecular weight is 240 g/mol. The Kier molecular flexibility index (Phi) is 6.56. The number of piperidine rings is 1. The van der Waals surface area contributed by atoms with Crippen molar-refractivity contribution in [2.24, 2.45) is 11.8 Å². The number of carbonyl (C=O) groups is 1. The van der Waals surface area contributed by atoms with Crippen LogP contribution in [0.1, 0.15) is 46.5 Å². The minimum atomic E-state index is 0.340. The van der Waals surface area contributed by atoms with Crippen LogP contribution < -0.4 is 5.32 Å². The van der Waals surface area contributed by atoms with E-state index in [0.29, 0.717) is 17.7 Å². The van der Waals surface area contributed by atoms with Crippen molar-refractivity contribution >= 4 is 5.91 Å². The van der Waals surface area contributed by atoms with Crippen molar-refractivity contribution in [3.05, 3.63) is 0 Å². The minimum absolute atomic E-state index is 0.340. The summed E-state index contributed by atoms with van der Waals surface area (Å²) in [5.74, 6) is 1.62. The molecule has 0 aromatic rings. The maximum Gasteiger partial charge on any atom is 0.222 e. The zero-order valence-corrected chi connectivity index (χ0v) is 11.7. The summed E-state index contributed by atoms with van der Waals surface area (Å²) in [5.41, 5.74) is 0. The van der Waals surface area contributed by atoms with E-state index < -0.39 is 0 Å². The number of nitrogens with one attached hydrogen (secondary N) is 1. The van der Waals surface area contributed by atoms with Crippen molar-refractivity contribution < 1.29 is 4.79 Å². The van der Waals surface area contributed by atoms with E-state index in [1.807, 2.05) is 4.90 Å². The molecular weight excluding hydrogens is 212 g/mol. The lowest BCUT2D eigenvalue weighted by Crippen LogP contribution is -2.35. The van der Waals surface area contributed by atoms with E-state index in [1.54, 1.807) is 0 Å². The lowest BCUT2D eigenvalue weighted by atomic mass is 9.94. The molecule has 1 saturated heterocycles. The van der Waals surface area contributed by atoms with Gasteiger partial charge >= 0.3 is 0 Å². The van der Waals surface area contributed by atoms with E-state index >= 15 is 0 Å². The van der Waals surface area contributed by atoms with E-state index in [9.17, 15) is 4.79 Å². The summed E-state index contributed by atoms with van der Waals surface area (Å²) in [6.07, 6.45) is 4.34. The SMILES string of the molecule is CCN(CC(C)C)C(=O)CCC1CCCNC1.